The number of anilines is 1. The summed E-state index contributed by atoms with van der Waals surface area (Å²) in [4.78, 5) is 11.8. The summed E-state index contributed by atoms with van der Waals surface area (Å²) in [5.74, 6) is -1.21. The molecule has 20 heavy (non-hydrogen) atoms. The number of benzene rings is 1. The summed E-state index contributed by atoms with van der Waals surface area (Å²) in [6, 6.07) is 5.68. The molecule has 0 radical (unpaired) electrons. The van der Waals surface area contributed by atoms with E-state index in [0.717, 1.165) is 11.4 Å². The number of aryl methyl sites for hydroxylation is 1. The fourth-order valence-corrected chi connectivity index (χ4v) is 2.33. The summed E-state index contributed by atoms with van der Waals surface area (Å²) in [6.07, 6.45) is 0.772. The van der Waals surface area contributed by atoms with Crippen molar-refractivity contribution >= 4 is 39.7 Å². The highest BCUT2D eigenvalue weighted by Gasteiger charge is 2.13. The Morgan fingerprint density at radius 2 is 2.15 bits per heavy atom. The van der Waals surface area contributed by atoms with E-state index in [1.807, 2.05) is 6.92 Å². The molecule has 8 heteroatoms. The van der Waals surface area contributed by atoms with Crippen LogP contribution in [0, 0.1) is 5.82 Å². The molecule has 0 atom stereocenters. The van der Waals surface area contributed by atoms with Crippen molar-refractivity contribution in [2.75, 3.05) is 5.32 Å². The molecule has 0 aliphatic heterocycles. The number of nitrogens with zero attached hydrogens (tertiary/aromatic N) is 2. The Kier molecular flexibility index (Phi) is 4.70. The van der Waals surface area contributed by atoms with Crippen LogP contribution in [0.2, 0.25) is 0 Å². The lowest BCUT2D eigenvalue weighted by molar-refractivity contribution is 0.0974. The molecule has 1 heterocycles. The molecular formula is C12H11FN4OS2. The number of hydrogen-bond donors (Lipinski definition) is 2. The van der Waals surface area contributed by atoms with Crippen molar-refractivity contribution in [2.45, 2.75) is 13.3 Å². The van der Waals surface area contributed by atoms with Crippen molar-refractivity contribution in [1.29, 1.82) is 0 Å². The monoisotopic (exact) mass is 310 g/mol. The highest BCUT2D eigenvalue weighted by atomic mass is 32.1. The van der Waals surface area contributed by atoms with Gasteiger partial charge in [0.05, 0.1) is 5.56 Å². The summed E-state index contributed by atoms with van der Waals surface area (Å²) >= 11 is 6.32. The van der Waals surface area contributed by atoms with Gasteiger partial charge in [0.25, 0.3) is 5.91 Å². The number of thiocarbonyl (C=S) groups is 1. The lowest BCUT2D eigenvalue weighted by Crippen LogP contribution is -2.34. The van der Waals surface area contributed by atoms with Gasteiger partial charge in [-0.2, -0.15) is 0 Å². The highest BCUT2D eigenvalue weighted by Crippen LogP contribution is 2.15. The summed E-state index contributed by atoms with van der Waals surface area (Å²) in [5, 5.41) is 14.3. The lowest BCUT2D eigenvalue weighted by atomic mass is 10.2. The Hall–Kier alpha value is -1.93. The van der Waals surface area contributed by atoms with Crippen LogP contribution in [0.1, 0.15) is 22.3 Å². The van der Waals surface area contributed by atoms with Crippen LogP contribution < -0.4 is 10.6 Å². The average molecular weight is 310 g/mol. The molecule has 0 unspecified atom stereocenters. The van der Waals surface area contributed by atoms with Crippen molar-refractivity contribution < 1.29 is 9.18 Å². The smallest absolute Gasteiger partial charge is 0.260 e. The molecule has 1 aromatic heterocycles. The molecule has 0 fully saturated rings. The van der Waals surface area contributed by atoms with E-state index in [0.29, 0.717) is 5.13 Å². The van der Waals surface area contributed by atoms with E-state index >= 15 is 0 Å². The maximum absolute atomic E-state index is 13.4. The molecule has 104 valence electrons. The minimum absolute atomic E-state index is 0.0528. The topological polar surface area (TPSA) is 66.9 Å². The first-order valence-corrected chi connectivity index (χ1v) is 7.02. The zero-order valence-electron chi connectivity index (χ0n) is 10.5. The summed E-state index contributed by atoms with van der Waals surface area (Å²) in [7, 11) is 0. The van der Waals surface area contributed by atoms with E-state index in [9.17, 15) is 9.18 Å². The van der Waals surface area contributed by atoms with Crippen molar-refractivity contribution in [2.24, 2.45) is 0 Å². The van der Waals surface area contributed by atoms with Crippen LogP contribution in [0.15, 0.2) is 24.3 Å². The second kappa shape index (κ2) is 6.49. The molecule has 0 saturated heterocycles. The number of carbonyl (C=O) groups excluding carboxylic acids is 1. The molecule has 1 amide bonds. The normalized spacial score (nSPS) is 10.1. The quantitative estimate of drug-likeness (QED) is 0.852. The predicted molar refractivity (Wildman–Crippen MR) is 79.4 cm³/mol. The van der Waals surface area contributed by atoms with Gasteiger partial charge in [0.15, 0.2) is 5.11 Å². The number of rotatable bonds is 3. The van der Waals surface area contributed by atoms with E-state index in [2.05, 4.69) is 20.8 Å². The second-order valence-electron chi connectivity index (χ2n) is 3.74. The number of nitrogens with one attached hydrogen (secondary N) is 2. The fourth-order valence-electron chi connectivity index (χ4n) is 1.39. The number of halogens is 1. The van der Waals surface area contributed by atoms with Gasteiger partial charge in [0.2, 0.25) is 5.13 Å². The standard InChI is InChI=1S/C12H11FN4OS2/c1-2-9-16-17-12(20-9)15-11(19)14-10(18)7-5-3-4-6-8(7)13/h3-6H,2H2,1H3,(H2,14,15,17,18,19). The Labute approximate surface area is 124 Å². The van der Waals surface area contributed by atoms with Gasteiger partial charge in [-0.05, 0) is 30.8 Å². The van der Waals surface area contributed by atoms with Gasteiger partial charge in [-0.3, -0.25) is 10.1 Å². The van der Waals surface area contributed by atoms with E-state index < -0.39 is 11.7 Å². The number of aromatic nitrogens is 2. The van der Waals surface area contributed by atoms with Crippen LogP contribution >= 0.6 is 23.6 Å². The minimum atomic E-state index is -0.610. The Morgan fingerprint density at radius 3 is 2.80 bits per heavy atom. The summed E-state index contributed by atoms with van der Waals surface area (Å²) in [5.41, 5.74) is -0.0665. The molecule has 0 bridgehead atoms. The predicted octanol–water partition coefficient (Wildman–Crippen LogP) is 2.37. The van der Waals surface area contributed by atoms with E-state index in [1.165, 1.54) is 29.5 Å². The Bertz CT molecular complexity index is 644. The van der Waals surface area contributed by atoms with Crippen LogP contribution in [-0.4, -0.2) is 21.2 Å². The molecule has 1 aromatic carbocycles. The third kappa shape index (κ3) is 3.55. The van der Waals surface area contributed by atoms with Gasteiger partial charge < -0.3 is 5.32 Å². The molecular weight excluding hydrogens is 299 g/mol. The molecule has 0 spiro atoms. The van der Waals surface area contributed by atoms with Gasteiger partial charge in [0.1, 0.15) is 10.8 Å². The molecule has 0 saturated carbocycles. The molecule has 2 N–H and O–H groups in total. The molecule has 2 aromatic rings. The van der Waals surface area contributed by atoms with Crippen molar-refractivity contribution in [1.82, 2.24) is 15.5 Å². The van der Waals surface area contributed by atoms with Crippen LogP contribution in [0.4, 0.5) is 9.52 Å². The first-order chi connectivity index (χ1) is 9.60. The minimum Gasteiger partial charge on any atom is -0.307 e. The second-order valence-corrected chi connectivity index (χ2v) is 5.21. The number of amides is 1. The third-order valence-electron chi connectivity index (χ3n) is 2.34. The molecule has 5 nitrogen and oxygen atoms in total. The van der Waals surface area contributed by atoms with Crippen LogP contribution in [0.3, 0.4) is 0 Å². The average Bonchev–Trinajstić information content (AvgIpc) is 2.86. The summed E-state index contributed by atoms with van der Waals surface area (Å²) in [6.45, 7) is 1.96. The fraction of sp³-hybridized carbons (Fsp3) is 0.167. The number of hydrogen-bond acceptors (Lipinski definition) is 5. The lowest BCUT2D eigenvalue weighted by Gasteiger charge is -2.07. The van der Waals surface area contributed by atoms with Gasteiger partial charge in [0, 0.05) is 0 Å². The van der Waals surface area contributed by atoms with E-state index in [1.54, 1.807) is 6.07 Å². The zero-order valence-corrected chi connectivity index (χ0v) is 12.1. The SMILES string of the molecule is CCc1nnc(NC(=S)NC(=O)c2ccccc2F)s1. The van der Waals surface area contributed by atoms with Gasteiger partial charge in [-0.25, -0.2) is 4.39 Å². The maximum Gasteiger partial charge on any atom is 0.260 e. The molecule has 0 aliphatic carbocycles. The van der Waals surface area contributed by atoms with Gasteiger partial charge >= 0.3 is 0 Å². The van der Waals surface area contributed by atoms with Crippen LogP contribution in [0.5, 0.6) is 0 Å². The first-order valence-electron chi connectivity index (χ1n) is 5.79. The van der Waals surface area contributed by atoms with Gasteiger partial charge in [-0.15, -0.1) is 10.2 Å². The highest BCUT2D eigenvalue weighted by molar-refractivity contribution is 7.80. The molecule has 2 rings (SSSR count). The largest absolute Gasteiger partial charge is 0.307 e. The zero-order chi connectivity index (χ0) is 14.5. The van der Waals surface area contributed by atoms with Crippen molar-refractivity contribution in [3.05, 3.63) is 40.7 Å². The molecule has 0 aliphatic rings. The third-order valence-corrected chi connectivity index (χ3v) is 3.52. The van der Waals surface area contributed by atoms with Crippen LogP contribution in [0.25, 0.3) is 0 Å². The summed E-state index contributed by atoms with van der Waals surface area (Å²) < 4.78 is 13.4. The Morgan fingerprint density at radius 1 is 1.40 bits per heavy atom. The van der Waals surface area contributed by atoms with Crippen molar-refractivity contribution in [3.8, 4) is 0 Å². The number of carbonyl (C=O) groups is 1. The van der Waals surface area contributed by atoms with Gasteiger partial charge in [-0.1, -0.05) is 30.4 Å². The van der Waals surface area contributed by atoms with E-state index in [-0.39, 0.29) is 10.7 Å². The Balaban J connectivity index is 1.98. The first kappa shape index (κ1) is 14.5. The van der Waals surface area contributed by atoms with E-state index in [4.69, 9.17) is 12.2 Å². The van der Waals surface area contributed by atoms with Crippen LogP contribution in [-0.2, 0) is 6.42 Å². The van der Waals surface area contributed by atoms with Crippen molar-refractivity contribution in [3.63, 3.8) is 0 Å². The maximum atomic E-state index is 13.4.